The van der Waals surface area contributed by atoms with Crippen LogP contribution >= 0.6 is 0 Å². The van der Waals surface area contributed by atoms with Crippen molar-refractivity contribution in [3.63, 3.8) is 0 Å². The fraction of sp³-hybridized carbons (Fsp3) is 0.333. The molecule has 0 aromatic rings. The maximum Gasteiger partial charge on any atom is 0.412 e. The fourth-order valence-electron chi connectivity index (χ4n) is 0.449. The summed E-state index contributed by atoms with van der Waals surface area (Å²) in [5.41, 5.74) is 0. The minimum absolute atomic E-state index is 0.0114. The van der Waals surface area contributed by atoms with Crippen LogP contribution in [0.4, 0.5) is 0 Å². The predicted molar refractivity (Wildman–Crippen MR) is 49.2 cm³/mol. The van der Waals surface area contributed by atoms with E-state index in [0.717, 1.165) is 6.04 Å². The summed E-state index contributed by atoms with van der Waals surface area (Å²) in [5.74, 6) is 0. The van der Waals surface area contributed by atoms with E-state index in [4.69, 9.17) is 20.6 Å². The standard InChI is InChI=1S/C3H5O5Si5/c1-2-3-13-7-11-5-9-4-10-6-12-8-13/h2H,1,3H2. The van der Waals surface area contributed by atoms with Gasteiger partial charge in [-0.05, 0) is 0 Å². The fourth-order valence-corrected chi connectivity index (χ4v) is 5.21. The smallest absolute Gasteiger partial charge is 0.412 e. The van der Waals surface area contributed by atoms with Crippen molar-refractivity contribution in [2.24, 2.45) is 0 Å². The summed E-state index contributed by atoms with van der Waals surface area (Å²) in [6.45, 7) is 3.62. The predicted octanol–water partition coefficient (Wildman–Crippen LogP) is -1.11. The number of allylic oxidation sites excluding steroid dienone is 1. The molecule has 0 aliphatic carbocycles. The Morgan fingerprint density at radius 3 is 2.08 bits per heavy atom. The molecule has 1 aliphatic heterocycles. The summed E-state index contributed by atoms with van der Waals surface area (Å²) in [6, 6.07) is 0.727. The number of hydrogen-bond donors (Lipinski definition) is 0. The molecule has 1 fully saturated rings. The second-order valence-corrected chi connectivity index (χ2v) is 7.61. The summed E-state index contributed by atoms with van der Waals surface area (Å²) >= 11 is 0. The van der Waals surface area contributed by atoms with Gasteiger partial charge in [0.25, 0.3) is 0 Å². The lowest BCUT2D eigenvalue weighted by Gasteiger charge is -2.13. The van der Waals surface area contributed by atoms with Gasteiger partial charge in [-0.1, -0.05) is 6.08 Å². The summed E-state index contributed by atoms with van der Waals surface area (Å²) < 4.78 is 25.7. The van der Waals surface area contributed by atoms with Gasteiger partial charge in [0, 0.05) is 6.04 Å². The van der Waals surface area contributed by atoms with E-state index >= 15 is 0 Å². The number of rotatable bonds is 2. The summed E-state index contributed by atoms with van der Waals surface area (Å²) in [5, 5.41) is 0. The molecule has 67 valence electrons. The molecule has 0 bridgehead atoms. The molecule has 0 unspecified atom stereocenters. The summed E-state index contributed by atoms with van der Waals surface area (Å²) in [4.78, 5) is 0. The molecule has 0 atom stereocenters. The Balaban J connectivity index is 2.21. The van der Waals surface area contributed by atoms with Crippen molar-refractivity contribution in [3.05, 3.63) is 12.7 Å². The Hall–Kier alpha value is 0.624. The van der Waals surface area contributed by atoms with Crippen LogP contribution in [0.3, 0.4) is 0 Å². The third kappa shape index (κ3) is 5.84. The molecular weight excluding hydrogens is 256 g/mol. The van der Waals surface area contributed by atoms with Crippen molar-refractivity contribution < 1.29 is 20.6 Å². The third-order valence-electron chi connectivity index (χ3n) is 0.872. The second-order valence-electron chi connectivity index (χ2n) is 1.71. The van der Waals surface area contributed by atoms with Crippen LogP contribution < -0.4 is 0 Å². The third-order valence-corrected chi connectivity index (χ3v) is 5.98. The highest BCUT2D eigenvalue weighted by Crippen LogP contribution is 1.97. The molecule has 1 heterocycles. The van der Waals surface area contributed by atoms with E-state index in [0.29, 0.717) is 0 Å². The molecule has 0 N–H and O–H groups in total. The molecule has 0 spiro atoms. The van der Waals surface area contributed by atoms with Gasteiger partial charge >= 0.3 is 49.3 Å². The van der Waals surface area contributed by atoms with E-state index in [1.54, 1.807) is 6.08 Å². The number of hydrogen-bond acceptors (Lipinski definition) is 5. The first-order valence-corrected chi connectivity index (χ1v) is 8.00. The molecule has 10 heteroatoms. The Morgan fingerprint density at radius 1 is 1.00 bits per heavy atom. The first-order chi connectivity index (χ1) is 6.43. The van der Waals surface area contributed by atoms with Crippen molar-refractivity contribution >= 4 is 49.3 Å². The van der Waals surface area contributed by atoms with E-state index in [1.807, 2.05) is 0 Å². The van der Waals surface area contributed by atoms with E-state index < -0.39 is 9.28 Å². The van der Waals surface area contributed by atoms with Gasteiger partial charge in [-0.15, -0.1) is 6.58 Å². The largest absolute Gasteiger partial charge is 0.413 e. The highest BCUT2D eigenvalue weighted by Gasteiger charge is 2.17. The van der Waals surface area contributed by atoms with Crippen LogP contribution in [-0.2, 0) is 20.6 Å². The van der Waals surface area contributed by atoms with Crippen molar-refractivity contribution in [2.75, 3.05) is 0 Å². The van der Waals surface area contributed by atoms with Gasteiger partial charge in [0.2, 0.25) is 0 Å². The molecule has 1 aliphatic rings. The molecule has 0 aromatic heterocycles. The maximum atomic E-state index is 5.33. The van der Waals surface area contributed by atoms with E-state index in [-0.39, 0.29) is 40.0 Å². The molecule has 0 amide bonds. The average molecular weight is 261 g/mol. The van der Waals surface area contributed by atoms with Crippen molar-refractivity contribution in [2.45, 2.75) is 6.04 Å². The SMILES string of the molecule is C=CC[Si]1O[Si]O[Si]O[Si]O[Si]O1. The van der Waals surface area contributed by atoms with E-state index in [2.05, 4.69) is 6.58 Å². The molecule has 0 aromatic carbocycles. The lowest BCUT2D eigenvalue weighted by Crippen LogP contribution is -2.31. The van der Waals surface area contributed by atoms with E-state index in [1.165, 1.54) is 0 Å². The Bertz CT molecular complexity index is 136. The van der Waals surface area contributed by atoms with Crippen LogP contribution in [0, 0.1) is 0 Å². The van der Waals surface area contributed by atoms with Crippen LogP contribution in [0.25, 0.3) is 0 Å². The van der Waals surface area contributed by atoms with Gasteiger partial charge in [-0.3, -0.25) is 0 Å². The normalized spacial score (nSPS) is 22.5. The van der Waals surface area contributed by atoms with Gasteiger partial charge in [-0.25, -0.2) is 0 Å². The van der Waals surface area contributed by atoms with Crippen molar-refractivity contribution in [3.8, 4) is 0 Å². The van der Waals surface area contributed by atoms with Crippen LogP contribution in [0.1, 0.15) is 0 Å². The first kappa shape index (κ1) is 11.7. The molecule has 0 saturated carbocycles. The highest BCUT2D eigenvalue weighted by atomic mass is 28.4. The second kappa shape index (κ2) is 7.98. The van der Waals surface area contributed by atoms with Gasteiger partial charge in [0.1, 0.15) is 0 Å². The Kier molecular flexibility index (Phi) is 7.18. The highest BCUT2D eigenvalue weighted by molar-refractivity contribution is 6.59. The van der Waals surface area contributed by atoms with Crippen LogP contribution in [0.5, 0.6) is 0 Å². The molecule has 9 radical (unpaired) electrons. The van der Waals surface area contributed by atoms with Gasteiger partial charge in [0.15, 0.2) is 0 Å². The summed E-state index contributed by atoms with van der Waals surface area (Å²) in [7, 11) is -1.34. The maximum absolute atomic E-state index is 5.33. The lowest BCUT2D eigenvalue weighted by molar-refractivity contribution is 0.334. The van der Waals surface area contributed by atoms with Gasteiger partial charge in [-0.2, -0.15) is 0 Å². The Morgan fingerprint density at radius 2 is 1.54 bits per heavy atom. The van der Waals surface area contributed by atoms with Crippen LogP contribution in [-0.4, -0.2) is 49.3 Å². The van der Waals surface area contributed by atoms with Crippen LogP contribution in [0.2, 0.25) is 6.04 Å². The monoisotopic (exact) mass is 261 g/mol. The lowest BCUT2D eigenvalue weighted by atomic mass is 10.8. The average Bonchev–Trinajstić information content (AvgIpc) is 2.16. The molecule has 1 rings (SSSR count). The molecular formula is C3H5O5Si5. The summed E-state index contributed by atoms with van der Waals surface area (Å²) in [6.07, 6.45) is 1.77. The van der Waals surface area contributed by atoms with Crippen molar-refractivity contribution in [1.82, 2.24) is 0 Å². The minimum Gasteiger partial charge on any atom is -0.413 e. The topological polar surface area (TPSA) is 46.2 Å². The first-order valence-electron chi connectivity index (χ1n) is 3.21. The van der Waals surface area contributed by atoms with Crippen molar-refractivity contribution in [1.29, 1.82) is 0 Å². The Labute approximate surface area is 88.8 Å². The van der Waals surface area contributed by atoms with Gasteiger partial charge < -0.3 is 20.6 Å². The van der Waals surface area contributed by atoms with E-state index in [9.17, 15) is 0 Å². The van der Waals surface area contributed by atoms with Crippen LogP contribution in [0.15, 0.2) is 12.7 Å². The minimum atomic E-state index is -1.29. The quantitative estimate of drug-likeness (QED) is 0.466. The molecule has 13 heavy (non-hydrogen) atoms. The molecule has 1 saturated heterocycles. The zero-order chi connectivity index (χ0) is 9.36. The molecule has 5 nitrogen and oxygen atoms in total. The zero-order valence-electron chi connectivity index (χ0n) is 6.53. The van der Waals surface area contributed by atoms with Gasteiger partial charge in [0.05, 0.1) is 0 Å². The zero-order valence-corrected chi connectivity index (χ0v) is 11.5.